The van der Waals surface area contributed by atoms with Gasteiger partial charge in [0.25, 0.3) is 0 Å². The van der Waals surface area contributed by atoms with E-state index in [1.54, 1.807) is 6.07 Å². The minimum atomic E-state index is -3.41. The van der Waals surface area contributed by atoms with Crippen molar-refractivity contribution in [1.82, 2.24) is 4.98 Å². The third kappa shape index (κ3) is 4.25. The van der Waals surface area contributed by atoms with E-state index >= 15 is 0 Å². The lowest BCUT2D eigenvalue weighted by atomic mass is 10.4. The van der Waals surface area contributed by atoms with Crippen LogP contribution in [-0.2, 0) is 14.8 Å². The highest BCUT2D eigenvalue weighted by Gasteiger charge is 2.11. The first-order valence-electron chi connectivity index (χ1n) is 4.25. The fourth-order valence-corrected chi connectivity index (χ4v) is 2.31. The van der Waals surface area contributed by atoms with Crippen LogP contribution in [0.15, 0.2) is 16.7 Å². The second-order valence-electron chi connectivity index (χ2n) is 2.91. The lowest BCUT2D eigenvalue weighted by Crippen LogP contribution is -2.19. The molecule has 0 atom stereocenters. The molecule has 1 aromatic rings. The van der Waals surface area contributed by atoms with E-state index in [4.69, 9.17) is 16.3 Å². The summed E-state index contributed by atoms with van der Waals surface area (Å²) in [6.45, 7) is 0.136. The summed E-state index contributed by atoms with van der Waals surface area (Å²) < 4.78 is 30.6. The van der Waals surface area contributed by atoms with Crippen molar-refractivity contribution in [3.63, 3.8) is 0 Å². The van der Waals surface area contributed by atoms with Crippen molar-refractivity contribution < 1.29 is 13.2 Å². The summed E-state index contributed by atoms with van der Waals surface area (Å²) in [4.78, 5) is 3.80. The molecule has 5 nitrogen and oxygen atoms in total. The predicted molar refractivity (Wildman–Crippen MR) is 66.2 cm³/mol. The number of halogens is 2. The molecule has 1 aromatic heterocycles. The zero-order valence-corrected chi connectivity index (χ0v) is 11.6. The van der Waals surface area contributed by atoms with Crippen molar-refractivity contribution >= 4 is 43.2 Å². The number of sulfonamides is 1. The molecule has 0 saturated heterocycles. The van der Waals surface area contributed by atoms with Crippen LogP contribution in [0, 0.1) is 0 Å². The number of pyridine rings is 1. The van der Waals surface area contributed by atoms with Crippen LogP contribution in [0.1, 0.15) is 0 Å². The van der Waals surface area contributed by atoms with Crippen LogP contribution in [0.4, 0.5) is 5.69 Å². The van der Waals surface area contributed by atoms with Crippen molar-refractivity contribution in [3.8, 4) is 0 Å². The zero-order chi connectivity index (χ0) is 12.2. The number of aromatic nitrogens is 1. The molecule has 0 aliphatic rings. The first kappa shape index (κ1) is 13.7. The van der Waals surface area contributed by atoms with Crippen LogP contribution in [0.5, 0.6) is 0 Å². The molecule has 0 unspecified atom stereocenters. The lowest BCUT2D eigenvalue weighted by molar-refractivity contribution is 0.217. The van der Waals surface area contributed by atoms with Crippen LogP contribution >= 0.6 is 27.5 Å². The van der Waals surface area contributed by atoms with E-state index in [9.17, 15) is 8.42 Å². The molecule has 8 heteroatoms. The Hall–Kier alpha value is -0.370. The van der Waals surface area contributed by atoms with Gasteiger partial charge in [-0.3, -0.25) is 4.72 Å². The molecule has 90 valence electrons. The maximum absolute atomic E-state index is 11.5. The van der Waals surface area contributed by atoms with E-state index in [-0.39, 0.29) is 17.5 Å². The predicted octanol–water partition coefficient (Wildman–Crippen LogP) is 1.89. The molecular formula is C8H10BrClN2O3S. The summed E-state index contributed by atoms with van der Waals surface area (Å²) >= 11 is 8.83. The average molecular weight is 330 g/mol. The molecule has 0 bridgehead atoms. The summed E-state index contributed by atoms with van der Waals surface area (Å²) in [6.07, 6.45) is 1.34. The molecule has 16 heavy (non-hydrogen) atoms. The Balaban J connectivity index is 2.76. The molecule has 0 aliphatic heterocycles. The van der Waals surface area contributed by atoms with Crippen LogP contribution in [-0.4, -0.2) is 32.9 Å². The van der Waals surface area contributed by atoms with E-state index in [1.807, 2.05) is 0 Å². The number of nitrogens with one attached hydrogen (secondary N) is 1. The number of anilines is 1. The monoisotopic (exact) mass is 328 g/mol. The molecule has 0 aromatic carbocycles. The third-order valence-corrected chi connectivity index (χ3v) is 4.01. The third-order valence-electron chi connectivity index (χ3n) is 1.63. The van der Waals surface area contributed by atoms with E-state index in [0.717, 1.165) is 0 Å². The largest absolute Gasteiger partial charge is 0.384 e. The highest BCUT2D eigenvalue weighted by atomic mass is 79.9. The molecule has 0 amide bonds. The number of hydrogen-bond acceptors (Lipinski definition) is 4. The van der Waals surface area contributed by atoms with Crippen LogP contribution in [0.3, 0.4) is 0 Å². The first-order valence-corrected chi connectivity index (χ1v) is 7.07. The number of nitrogens with zero attached hydrogens (tertiary/aromatic N) is 1. The second kappa shape index (κ2) is 5.81. The van der Waals surface area contributed by atoms with Crippen LogP contribution in [0.25, 0.3) is 0 Å². The molecule has 0 spiro atoms. The molecule has 0 fully saturated rings. The van der Waals surface area contributed by atoms with Crippen molar-refractivity contribution in [2.75, 3.05) is 24.2 Å². The quantitative estimate of drug-likeness (QED) is 0.838. The van der Waals surface area contributed by atoms with Gasteiger partial charge in [-0.25, -0.2) is 13.4 Å². The molecule has 0 aliphatic carbocycles. The lowest BCUT2D eigenvalue weighted by Gasteiger charge is -2.07. The fourth-order valence-electron chi connectivity index (χ4n) is 0.901. The fraction of sp³-hybridized carbons (Fsp3) is 0.375. The van der Waals surface area contributed by atoms with Gasteiger partial charge < -0.3 is 4.74 Å². The maximum atomic E-state index is 11.5. The normalized spacial score (nSPS) is 11.4. The number of methoxy groups -OCH3 is 1. The standard InChI is InChI=1S/C8H10BrClN2O3S/c1-15-2-3-16(13,14)12-6-4-7(9)8(10)11-5-6/h4-5,12H,2-3H2,1H3. The Morgan fingerprint density at radius 1 is 1.62 bits per heavy atom. The molecule has 0 radical (unpaired) electrons. The summed E-state index contributed by atoms with van der Waals surface area (Å²) in [7, 11) is -1.96. The number of ether oxygens (including phenoxy) is 1. The minimum Gasteiger partial charge on any atom is -0.384 e. The van der Waals surface area contributed by atoms with E-state index in [1.165, 1.54) is 13.3 Å². The molecule has 1 N–H and O–H groups in total. The molecule has 1 heterocycles. The summed E-state index contributed by atoms with van der Waals surface area (Å²) in [5.41, 5.74) is 0.354. The van der Waals surface area contributed by atoms with Crippen molar-refractivity contribution in [2.45, 2.75) is 0 Å². The molecular weight excluding hydrogens is 320 g/mol. The van der Waals surface area contributed by atoms with E-state index < -0.39 is 10.0 Å². The van der Waals surface area contributed by atoms with Gasteiger partial charge in [-0.2, -0.15) is 0 Å². The Bertz CT molecular complexity index is 466. The van der Waals surface area contributed by atoms with Crippen molar-refractivity contribution in [1.29, 1.82) is 0 Å². The van der Waals surface area contributed by atoms with Gasteiger partial charge in [0.15, 0.2) is 0 Å². The highest BCUT2D eigenvalue weighted by molar-refractivity contribution is 9.10. The van der Waals surface area contributed by atoms with Gasteiger partial charge in [0.1, 0.15) is 5.15 Å². The zero-order valence-electron chi connectivity index (χ0n) is 8.41. The van der Waals surface area contributed by atoms with Crippen molar-refractivity contribution in [3.05, 3.63) is 21.9 Å². The number of hydrogen-bond donors (Lipinski definition) is 1. The summed E-state index contributed by atoms with van der Waals surface area (Å²) in [6, 6.07) is 1.54. The number of rotatable bonds is 5. The smallest absolute Gasteiger partial charge is 0.235 e. The highest BCUT2D eigenvalue weighted by Crippen LogP contribution is 2.23. The van der Waals surface area contributed by atoms with Gasteiger partial charge in [-0.05, 0) is 22.0 Å². The Morgan fingerprint density at radius 3 is 2.88 bits per heavy atom. The minimum absolute atomic E-state index is 0.107. The second-order valence-corrected chi connectivity index (χ2v) is 5.96. The topological polar surface area (TPSA) is 68.3 Å². The van der Waals surface area contributed by atoms with Crippen LogP contribution in [0.2, 0.25) is 5.15 Å². The van der Waals surface area contributed by atoms with Gasteiger partial charge in [-0.15, -0.1) is 0 Å². The summed E-state index contributed by atoms with van der Waals surface area (Å²) in [5.74, 6) is -0.107. The molecule has 1 rings (SSSR count). The SMILES string of the molecule is COCCS(=O)(=O)Nc1cnc(Cl)c(Br)c1. The van der Waals surface area contributed by atoms with E-state index in [0.29, 0.717) is 10.2 Å². The Morgan fingerprint density at radius 2 is 2.31 bits per heavy atom. The van der Waals surface area contributed by atoms with Gasteiger partial charge in [0.2, 0.25) is 10.0 Å². The van der Waals surface area contributed by atoms with Gasteiger partial charge in [0.05, 0.1) is 28.7 Å². The summed E-state index contributed by atoms with van der Waals surface area (Å²) in [5, 5.41) is 0.278. The van der Waals surface area contributed by atoms with Gasteiger partial charge in [-0.1, -0.05) is 11.6 Å². The Kier molecular flexibility index (Phi) is 4.97. The maximum Gasteiger partial charge on any atom is 0.235 e. The first-order chi connectivity index (χ1) is 7.44. The van der Waals surface area contributed by atoms with Crippen molar-refractivity contribution in [2.24, 2.45) is 0 Å². The van der Waals surface area contributed by atoms with Gasteiger partial charge >= 0.3 is 0 Å². The van der Waals surface area contributed by atoms with E-state index in [2.05, 4.69) is 25.6 Å². The average Bonchev–Trinajstić information content (AvgIpc) is 2.20. The molecule has 0 saturated carbocycles. The Labute approximate surface area is 107 Å². The van der Waals surface area contributed by atoms with Crippen LogP contribution < -0.4 is 4.72 Å². The van der Waals surface area contributed by atoms with Gasteiger partial charge in [0, 0.05) is 7.11 Å².